The Kier molecular flexibility index (Phi) is 4.62. The first-order chi connectivity index (χ1) is 4.16. The molecule has 0 bridgehead atoms. The van der Waals surface area contributed by atoms with Crippen LogP contribution in [0.5, 0.6) is 0 Å². The van der Waals surface area contributed by atoms with E-state index in [0.29, 0.717) is 5.75 Å². The highest BCUT2D eigenvalue weighted by Crippen LogP contribution is 1.97. The molecular formula is C6H12O2S. The lowest BCUT2D eigenvalue weighted by atomic mass is 10.2. The van der Waals surface area contributed by atoms with Gasteiger partial charge in [0, 0.05) is 0 Å². The van der Waals surface area contributed by atoms with Crippen molar-refractivity contribution in [1.82, 2.24) is 0 Å². The molecule has 2 unspecified atom stereocenters. The number of hydrogen-bond donors (Lipinski definition) is 1. The highest BCUT2D eigenvalue weighted by molar-refractivity contribution is 7.79. The maximum atomic E-state index is 10.2. The molecule has 0 saturated heterocycles. The second kappa shape index (κ2) is 4.70. The summed E-state index contributed by atoms with van der Waals surface area (Å²) in [6, 6.07) is 0. The van der Waals surface area contributed by atoms with Gasteiger partial charge in [-0.2, -0.15) is 0 Å². The molecule has 54 valence electrons. The zero-order valence-corrected chi connectivity index (χ0v) is 6.52. The van der Waals surface area contributed by atoms with E-state index in [0.717, 1.165) is 0 Å². The Bertz CT molecular complexity index is 120. The van der Waals surface area contributed by atoms with Crippen LogP contribution in [0, 0.1) is 5.92 Å². The first-order valence-electron chi connectivity index (χ1n) is 2.87. The van der Waals surface area contributed by atoms with Crippen LogP contribution in [0.4, 0.5) is 0 Å². The second-order valence-corrected chi connectivity index (χ2v) is 2.97. The third-order valence-corrected chi connectivity index (χ3v) is 1.74. The van der Waals surface area contributed by atoms with Gasteiger partial charge in [0.15, 0.2) is 11.1 Å². The molecule has 0 aliphatic heterocycles. The average molecular weight is 148 g/mol. The van der Waals surface area contributed by atoms with Crippen molar-refractivity contribution in [2.24, 2.45) is 5.92 Å². The van der Waals surface area contributed by atoms with Gasteiger partial charge in [-0.15, -0.1) is 0 Å². The molecule has 0 aromatic rings. The van der Waals surface area contributed by atoms with Crippen molar-refractivity contribution in [2.75, 3.05) is 5.75 Å². The predicted molar refractivity (Wildman–Crippen MR) is 39.6 cm³/mol. The molecule has 0 saturated carbocycles. The van der Waals surface area contributed by atoms with Gasteiger partial charge in [-0.25, -0.2) is 4.21 Å². The van der Waals surface area contributed by atoms with Crippen LogP contribution in [-0.2, 0) is 11.1 Å². The van der Waals surface area contributed by atoms with Gasteiger partial charge in [0.25, 0.3) is 0 Å². The zero-order chi connectivity index (χ0) is 7.28. The molecule has 2 atom stereocenters. The van der Waals surface area contributed by atoms with Crippen molar-refractivity contribution in [3.63, 3.8) is 0 Å². The molecular weight excluding hydrogens is 136 g/mol. The Morgan fingerprint density at radius 3 is 2.67 bits per heavy atom. The zero-order valence-electron chi connectivity index (χ0n) is 5.70. The Balaban J connectivity index is 3.50. The summed E-state index contributed by atoms with van der Waals surface area (Å²) in [5, 5.41) is 0. The summed E-state index contributed by atoms with van der Waals surface area (Å²) in [5.41, 5.74) is 0. The maximum Gasteiger partial charge on any atom is 0.153 e. The molecule has 0 spiro atoms. The number of allylic oxidation sites excluding steroid dienone is 2. The summed E-state index contributed by atoms with van der Waals surface area (Å²) < 4.78 is 18.5. The minimum Gasteiger partial charge on any atom is -0.306 e. The van der Waals surface area contributed by atoms with E-state index < -0.39 is 11.1 Å². The van der Waals surface area contributed by atoms with Gasteiger partial charge in [0.2, 0.25) is 0 Å². The first-order valence-corrected chi connectivity index (χ1v) is 4.14. The Hall–Kier alpha value is -0.150. The molecule has 0 heterocycles. The normalized spacial score (nSPS) is 18.1. The van der Waals surface area contributed by atoms with Crippen LogP contribution < -0.4 is 0 Å². The Morgan fingerprint density at radius 1 is 1.78 bits per heavy atom. The van der Waals surface area contributed by atoms with E-state index in [1.54, 1.807) is 0 Å². The molecule has 0 radical (unpaired) electrons. The van der Waals surface area contributed by atoms with Gasteiger partial charge < -0.3 is 4.55 Å². The molecule has 0 aromatic heterocycles. The third-order valence-electron chi connectivity index (χ3n) is 0.926. The van der Waals surface area contributed by atoms with E-state index in [-0.39, 0.29) is 5.92 Å². The fourth-order valence-corrected chi connectivity index (χ4v) is 1.17. The van der Waals surface area contributed by atoms with E-state index in [1.165, 1.54) is 0 Å². The summed E-state index contributed by atoms with van der Waals surface area (Å²) in [6.45, 7) is 3.81. The van der Waals surface area contributed by atoms with Crippen molar-refractivity contribution in [3.05, 3.63) is 12.2 Å². The van der Waals surface area contributed by atoms with E-state index in [1.807, 2.05) is 26.0 Å². The van der Waals surface area contributed by atoms with Gasteiger partial charge >= 0.3 is 0 Å². The monoisotopic (exact) mass is 148 g/mol. The van der Waals surface area contributed by atoms with Gasteiger partial charge in [0.05, 0.1) is 5.75 Å². The van der Waals surface area contributed by atoms with Crippen LogP contribution in [-0.4, -0.2) is 14.5 Å². The first kappa shape index (κ1) is 8.85. The van der Waals surface area contributed by atoms with Crippen molar-refractivity contribution >= 4 is 11.1 Å². The molecule has 1 N–H and O–H groups in total. The SMILES string of the molecule is CC=CC(C)CS(=O)O. The highest BCUT2D eigenvalue weighted by atomic mass is 32.2. The van der Waals surface area contributed by atoms with Crippen molar-refractivity contribution in [1.29, 1.82) is 0 Å². The summed E-state index contributed by atoms with van der Waals surface area (Å²) in [6.07, 6.45) is 3.80. The molecule has 0 amide bonds. The van der Waals surface area contributed by atoms with Crippen LogP contribution in [0.1, 0.15) is 13.8 Å². The molecule has 0 aliphatic rings. The summed E-state index contributed by atoms with van der Waals surface area (Å²) in [4.78, 5) is 0. The quantitative estimate of drug-likeness (QED) is 0.485. The summed E-state index contributed by atoms with van der Waals surface area (Å²) in [7, 11) is 0. The fraction of sp³-hybridized carbons (Fsp3) is 0.667. The smallest absolute Gasteiger partial charge is 0.153 e. The summed E-state index contributed by atoms with van der Waals surface area (Å²) in [5.74, 6) is 0.547. The lowest BCUT2D eigenvalue weighted by molar-refractivity contribution is 0.557. The lowest BCUT2D eigenvalue weighted by Crippen LogP contribution is -2.03. The lowest BCUT2D eigenvalue weighted by Gasteiger charge is -1.98. The topological polar surface area (TPSA) is 37.3 Å². The van der Waals surface area contributed by atoms with Crippen molar-refractivity contribution in [2.45, 2.75) is 13.8 Å². The molecule has 0 aromatic carbocycles. The van der Waals surface area contributed by atoms with Crippen LogP contribution in [0.2, 0.25) is 0 Å². The van der Waals surface area contributed by atoms with E-state index in [4.69, 9.17) is 4.55 Å². The number of rotatable bonds is 3. The van der Waals surface area contributed by atoms with E-state index in [9.17, 15) is 4.21 Å². The minimum atomic E-state index is -1.65. The molecule has 0 rings (SSSR count). The largest absolute Gasteiger partial charge is 0.306 e. The predicted octanol–water partition coefficient (Wildman–Crippen LogP) is 1.42. The maximum absolute atomic E-state index is 10.2. The fourth-order valence-electron chi connectivity index (χ4n) is 0.609. The van der Waals surface area contributed by atoms with Crippen LogP contribution in [0.25, 0.3) is 0 Å². The van der Waals surface area contributed by atoms with E-state index in [2.05, 4.69) is 0 Å². The minimum absolute atomic E-state index is 0.209. The third kappa shape index (κ3) is 5.73. The van der Waals surface area contributed by atoms with Crippen LogP contribution in [0.3, 0.4) is 0 Å². The van der Waals surface area contributed by atoms with E-state index >= 15 is 0 Å². The molecule has 2 nitrogen and oxygen atoms in total. The Morgan fingerprint density at radius 2 is 2.33 bits per heavy atom. The van der Waals surface area contributed by atoms with Gasteiger partial charge in [0.1, 0.15) is 0 Å². The molecule has 0 aliphatic carbocycles. The summed E-state index contributed by atoms with van der Waals surface area (Å²) >= 11 is -1.65. The van der Waals surface area contributed by atoms with Gasteiger partial charge in [-0.05, 0) is 12.8 Å². The van der Waals surface area contributed by atoms with Crippen molar-refractivity contribution < 1.29 is 8.76 Å². The molecule has 9 heavy (non-hydrogen) atoms. The van der Waals surface area contributed by atoms with Gasteiger partial charge in [-0.3, -0.25) is 0 Å². The second-order valence-electron chi connectivity index (χ2n) is 1.99. The number of hydrogen-bond acceptors (Lipinski definition) is 1. The van der Waals surface area contributed by atoms with Crippen LogP contribution in [0.15, 0.2) is 12.2 Å². The van der Waals surface area contributed by atoms with Crippen molar-refractivity contribution in [3.8, 4) is 0 Å². The van der Waals surface area contributed by atoms with Gasteiger partial charge in [-0.1, -0.05) is 19.1 Å². The highest BCUT2D eigenvalue weighted by Gasteiger charge is 1.99. The molecule has 3 heteroatoms. The molecule has 0 fully saturated rings. The average Bonchev–Trinajstić information content (AvgIpc) is 1.63. The standard InChI is InChI=1S/C6H12O2S/c1-3-4-6(2)5-9(7)8/h3-4,6H,5H2,1-2H3,(H,7,8). The van der Waals surface area contributed by atoms with Crippen LogP contribution >= 0.6 is 0 Å². The Labute approximate surface area is 58.3 Å².